The lowest BCUT2D eigenvalue weighted by Crippen LogP contribution is -2.07. The molecule has 0 aromatic heterocycles. The molecule has 1 N–H and O–H groups in total. The molecule has 0 atom stereocenters. The first-order valence-electron chi connectivity index (χ1n) is 11.3. The van der Waals surface area contributed by atoms with Gasteiger partial charge < -0.3 is 10.1 Å². The quantitative estimate of drug-likeness (QED) is 0.157. The van der Waals surface area contributed by atoms with E-state index < -0.39 is 0 Å². The van der Waals surface area contributed by atoms with Crippen LogP contribution in [0.5, 0.6) is 0 Å². The third-order valence-electron chi connectivity index (χ3n) is 1.40. The molecular weight excluding hydrogens is 504 g/mol. The van der Waals surface area contributed by atoms with Crippen molar-refractivity contribution in [3.8, 4) is 61.3 Å². The van der Waals surface area contributed by atoms with Crippen LogP contribution < -0.4 is 5.32 Å². The van der Waals surface area contributed by atoms with E-state index in [2.05, 4.69) is 42.4 Å². The second-order valence-electron chi connectivity index (χ2n) is 3.59. The standard InChI is InChI=1S/C6H9NO.2C4H6S.2C4H6.3C2H6.3CH4.2FH/c1-2-3-4-7-5-6-8;2*1-3-4-5-2;2*1-3-4-2;3*1-2;;;;;/h6-7H,2,5H2,1H3;2*1H,4H2,2H3;2*1H,4H2,2H3;3*1-2H3;3*1H4;2*1H/i/hT. The van der Waals surface area contributed by atoms with Gasteiger partial charge in [0, 0.05) is 25.3 Å². The summed E-state index contributed by atoms with van der Waals surface area (Å²) in [7, 11) is 0. The molecule has 0 rings (SSSR count). The van der Waals surface area contributed by atoms with E-state index in [9.17, 15) is 4.79 Å². The van der Waals surface area contributed by atoms with Crippen LogP contribution in [0.3, 0.4) is 0 Å². The zero-order valence-corrected chi connectivity index (χ0v) is 25.3. The number of nitrogens with one attached hydrogen (secondary N) is 1. The van der Waals surface area contributed by atoms with E-state index in [1.54, 1.807) is 23.5 Å². The van der Waals surface area contributed by atoms with E-state index >= 15 is 0 Å². The molecule has 0 bridgehead atoms. The van der Waals surface area contributed by atoms with Crippen molar-refractivity contribution in [2.75, 3.05) is 30.6 Å². The Morgan fingerprint density at radius 1 is 0.703 bits per heavy atom. The smallest absolute Gasteiger partial charge is 0.269 e. The van der Waals surface area contributed by atoms with Crippen molar-refractivity contribution in [3.63, 3.8) is 0 Å². The minimum atomic E-state index is 0. The highest BCUT2D eigenvalue weighted by Gasteiger charge is 1.68. The number of terminal acetylenes is 4. The summed E-state index contributed by atoms with van der Waals surface area (Å²) in [4.78, 5) is 9.64. The van der Waals surface area contributed by atoms with E-state index in [1.165, 1.54) is 0 Å². The molecular formula is C31H65F2NOS2. The fraction of sp³-hybridized carbons (Fsp3) is 0.645. The van der Waals surface area contributed by atoms with Gasteiger partial charge in [-0.2, -0.15) is 23.5 Å². The highest BCUT2D eigenvalue weighted by molar-refractivity contribution is 7.99. The molecule has 226 valence electrons. The number of halogens is 2. The average molecular weight is 572 g/mol. The minimum absolute atomic E-state index is 0. The van der Waals surface area contributed by atoms with Crippen LogP contribution in [0.1, 0.15) is 104 Å². The molecule has 0 saturated heterocycles. The number of rotatable bonds is 4. The summed E-state index contributed by atoms with van der Waals surface area (Å²) in [5.41, 5.74) is 0. The zero-order valence-electron chi connectivity index (χ0n) is 24.6. The molecule has 0 aromatic carbocycles. The molecule has 0 saturated carbocycles. The summed E-state index contributed by atoms with van der Waals surface area (Å²) in [6.45, 7) is 18.2. The van der Waals surface area contributed by atoms with Crippen LogP contribution >= 0.6 is 23.5 Å². The van der Waals surface area contributed by atoms with Crippen molar-refractivity contribution in [2.24, 2.45) is 0 Å². The fourth-order valence-electron chi connectivity index (χ4n) is 0.410. The first kappa shape index (κ1) is 76.5. The highest BCUT2D eigenvalue weighted by atomic mass is 32.2. The zero-order chi connectivity index (χ0) is 29.3. The topological polar surface area (TPSA) is 29.1 Å². The number of hydrogen-bond acceptors (Lipinski definition) is 4. The van der Waals surface area contributed by atoms with Crippen LogP contribution in [0.25, 0.3) is 0 Å². The SMILES string of the molecule is C.C.C.C#CCC.C#CCC.C#CCSC.C#CCSC.CC.CC.CC.CCC#CNCC=O.F.[3H]F. The second kappa shape index (κ2) is 191. The third-order valence-corrected chi connectivity index (χ3v) is 2.31. The molecule has 2 nitrogen and oxygen atoms in total. The Morgan fingerprint density at radius 2 is 0.973 bits per heavy atom. The lowest BCUT2D eigenvalue weighted by molar-refractivity contribution is -0.107. The summed E-state index contributed by atoms with van der Waals surface area (Å²) in [5.74, 6) is 14.3. The van der Waals surface area contributed by atoms with Gasteiger partial charge in [-0.1, -0.05) is 102 Å². The number of carbonyl (C=O) groups is 1. The van der Waals surface area contributed by atoms with Crippen molar-refractivity contribution < 1.29 is 14.2 Å². The Labute approximate surface area is 246 Å². The largest absolute Gasteiger partial charge is 0.339 e. The molecule has 0 radical (unpaired) electrons. The Morgan fingerprint density at radius 3 is 1.08 bits per heavy atom. The van der Waals surface area contributed by atoms with Crippen molar-refractivity contribution in [1.82, 2.24) is 5.32 Å². The number of thioether (sulfide) groups is 2. The summed E-state index contributed by atoms with van der Waals surface area (Å²) in [5, 5.41) is 2.61. The monoisotopic (exact) mass is 571 g/mol. The van der Waals surface area contributed by atoms with E-state index in [-0.39, 0.29) is 27.0 Å². The summed E-state index contributed by atoms with van der Waals surface area (Å²) < 4.78 is 13.0. The highest BCUT2D eigenvalue weighted by Crippen LogP contribution is 1.84. The maximum atomic E-state index is 9.64. The van der Waals surface area contributed by atoms with Gasteiger partial charge in [-0.3, -0.25) is 9.42 Å². The van der Waals surface area contributed by atoms with Crippen molar-refractivity contribution >= 4 is 29.8 Å². The van der Waals surface area contributed by atoms with E-state index in [1.807, 2.05) is 74.8 Å². The lowest BCUT2D eigenvalue weighted by Gasteiger charge is -1.81. The Balaban J connectivity index is -0.0000000173. The van der Waals surface area contributed by atoms with Crippen LogP contribution in [-0.4, -0.2) is 38.3 Å². The van der Waals surface area contributed by atoms with Crippen molar-refractivity contribution in [1.29, 1.82) is 1.45 Å². The van der Waals surface area contributed by atoms with Crippen LogP contribution in [0.4, 0.5) is 9.42 Å². The molecule has 0 spiro atoms. The Bertz CT molecular complexity index is 452. The van der Waals surface area contributed by atoms with Gasteiger partial charge in [0.1, 0.15) is 6.29 Å². The van der Waals surface area contributed by atoms with Gasteiger partial charge in [0.05, 0.1) is 18.1 Å². The first-order chi connectivity index (χ1) is 16.6. The normalized spacial score (nSPS) is 4.92. The van der Waals surface area contributed by atoms with Gasteiger partial charge in [0.25, 0.3) is 1.45 Å². The van der Waals surface area contributed by atoms with Gasteiger partial charge in [-0.15, -0.1) is 37.5 Å². The average Bonchev–Trinajstić information content (AvgIpc) is 2.93. The molecule has 0 fully saturated rings. The van der Waals surface area contributed by atoms with Gasteiger partial charge >= 0.3 is 0 Å². The maximum absolute atomic E-state index is 9.64. The molecule has 0 aromatic rings. The maximum Gasteiger partial charge on any atom is 0.269 e. The molecule has 0 aliphatic rings. The van der Waals surface area contributed by atoms with Crippen molar-refractivity contribution in [3.05, 3.63) is 0 Å². The number of carbonyl (C=O) groups excluding carboxylic acids is 1. The minimum Gasteiger partial charge on any atom is -0.339 e. The Kier molecular flexibility index (Phi) is 394. The molecule has 0 heterocycles. The van der Waals surface area contributed by atoms with Gasteiger partial charge in [-0.25, -0.2) is 0 Å². The number of aldehydes is 1. The second-order valence-corrected chi connectivity index (χ2v) is 5.32. The molecule has 0 unspecified atom stereocenters. The van der Waals surface area contributed by atoms with Crippen LogP contribution in [0.2, 0.25) is 0 Å². The molecule has 37 heavy (non-hydrogen) atoms. The van der Waals surface area contributed by atoms with Crippen LogP contribution in [0.15, 0.2) is 0 Å². The van der Waals surface area contributed by atoms with Gasteiger partial charge in [-0.05, 0) is 12.5 Å². The fourth-order valence-corrected chi connectivity index (χ4v) is 0.744. The van der Waals surface area contributed by atoms with Crippen molar-refractivity contribution in [2.45, 2.75) is 104 Å². The lowest BCUT2D eigenvalue weighted by atomic mass is 10.5. The van der Waals surface area contributed by atoms with E-state index in [4.69, 9.17) is 30.4 Å². The first-order valence-corrected chi connectivity index (χ1v) is 13.7. The Hall–Kier alpha value is -2.17. The summed E-state index contributed by atoms with van der Waals surface area (Å²) in [6.07, 6.45) is 26.6. The predicted molar refractivity (Wildman–Crippen MR) is 184 cm³/mol. The molecule has 6 heteroatoms. The molecule has 0 aliphatic heterocycles. The third kappa shape index (κ3) is 440. The molecule has 0 aliphatic carbocycles. The van der Waals surface area contributed by atoms with Crippen LogP contribution in [0, 0.1) is 61.3 Å². The van der Waals surface area contributed by atoms with Gasteiger partial charge in [0.2, 0.25) is 0 Å². The molecule has 0 amide bonds. The van der Waals surface area contributed by atoms with E-state index in [0.29, 0.717) is 6.54 Å². The van der Waals surface area contributed by atoms with E-state index in [0.717, 1.165) is 37.1 Å². The predicted octanol–water partition coefficient (Wildman–Crippen LogP) is 9.46. The van der Waals surface area contributed by atoms with Gasteiger partial charge in [0.15, 0.2) is 0 Å². The summed E-state index contributed by atoms with van der Waals surface area (Å²) >= 11 is 3.33. The van der Waals surface area contributed by atoms with Crippen LogP contribution in [-0.2, 0) is 4.79 Å². The number of hydrogen-bond donors (Lipinski definition) is 1. The summed E-state index contributed by atoms with van der Waals surface area (Å²) in [6, 6.07) is 2.60.